The van der Waals surface area contributed by atoms with Gasteiger partial charge in [0.15, 0.2) is 0 Å². The van der Waals surface area contributed by atoms with Crippen LogP contribution in [0.25, 0.3) is 114 Å². The number of nitrogens with zero attached hydrogens (tertiary/aromatic N) is 3. The van der Waals surface area contributed by atoms with Crippen LogP contribution < -0.4 is 0 Å². The predicted octanol–water partition coefficient (Wildman–Crippen LogP) is 15.7. The molecule has 4 heteroatoms. The largest absolute Gasteiger partial charge is 0.309 e. The van der Waals surface area contributed by atoms with E-state index < -0.39 is 0 Å². The van der Waals surface area contributed by atoms with Gasteiger partial charge in [-0.15, -0.1) is 11.3 Å². The lowest BCUT2D eigenvalue weighted by atomic mass is 9.81. The van der Waals surface area contributed by atoms with Gasteiger partial charge in [-0.1, -0.05) is 129 Å². The van der Waals surface area contributed by atoms with E-state index in [0.717, 1.165) is 11.4 Å². The number of benzene rings is 9. The molecule has 286 valence electrons. The molecule has 0 fully saturated rings. The SMILES string of the molecule is CC1(C)c2ccccc2-c2c1c1c(c3ccccc3n1-c1ccc(-n3c4ccccc4c4ccccc43)cc1)c1c2c2ccccc2n1-c1ccc2sc3ccccc3c2c1. The number of thiophene rings is 1. The Balaban J connectivity index is 1.14. The minimum Gasteiger partial charge on any atom is -0.309 e. The van der Waals surface area contributed by atoms with Crippen molar-refractivity contribution in [3.8, 4) is 28.2 Å². The van der Waals surface area contributed by atoms with Crippen molar-refractivity contribution < 1.29 is 0 Å². The molecule has 0 unspecified atom stereocenters. The van der Waals surface area contributed by atoms with Gasteiger partial charge in [-0.3, -0.25) is 0 Å². The molecule has 0 spiro atoms. The van der Waals surface area contributed by atoms with E-state index in [4.69, 9.17) is 0 Å². The first-order valence-electron chi connectivity index (χ1n) is 21.2. The standard InChI is InChI=1S/C57H37N3S/c1-57(2)44-21-9-3-18-40(44)51-52-41-19-6-12-24-47(41)60(36-31-32-50-43(33-36)39-17-8-14-26-49(39)61-50)55(52)53-42-20-7-13-25-48(42)59(56(53)54(51)57)35-29-27-34(28-30-35)58-45-22-10-4-15-37(45)38-16-5-11-23-46(38)58/h3-33H,1-2H3. The summed E-state index contributed by atoms with van der Waals surface area (Å²) in [6, 6.07) is 70.1. The Morgan fingerprint density at radius 1 is 0.377 bits per heavy atom. The van der Waals surface area contributed by atoms with Gasteiger partial charge in [-0.05, 0) is 95.1 Å². The van der Waals surface area contributed by atoms with Crippen LogP contribution in [0.2, 0.25) is 0 Å². The molecule has 14 rings (SSSR count). The average Bonchev–Trinajstić information content (AvgIpc) is 4.09. The van der Waals surface area contributed by atoms with Gasteiger partial charge in [-0.25, -0.2) is 0 Å². The summed E-state index contributed by atoms with van der Waals surface area (Å²) in [6.07, 6.45) is 0. The molecule has 4 aromatic heterocycles. The number of aromatic nitrogens is 3. The van der Waals surface area contributed by atoms with E-state index in [1.165, 1.54) is 114 Å². The van der Waals surface area contributed by atoms with Crippen LogP contribution in [-0.4, -0.2) is 13.7 Å². The van der Waals surface area contributed by atoms with Gasteiger partial charge >= 0.3 is 0 Å². The summed E-state index contributed by atoms with van der Waals surface area (Å²) in [4.78, 5) is 0. The molecule has 0 saturated heterocycles. The Bertz CT molecular complexity index is 3960. The molecule has 0 saturated carbocycles. The highest BCUT2D eigenvalue weighted by Gasteiger charge is 2.41. The van der Waals surface area contributed by atoms with Crippen LogP contribution in [0.5, 0.6) is 0 Å². The lowest BCUT2D eigenvalue weighted by molar-refractivity contribution is 0.664. The molecule has 61 heavy (non-hydrogen) atoms. The van der Waals surface area contributed by atoms with Crippen LogP contribution >= 0.6 is 11.3 Å². The van der Waals surface area contributed by atoms with E-state index in [1.807, 2.05) is 11.3 Å². The molecular formula is C57H37N3S. The summed E-state index contributed by atoms with van der Waals surface area (Å²) in [5.41, 5.74) is 16.1. The quantitative estimate of drug-likeness (QED) is 0.169. The van der Waals surface area contributed by atoms with E-state index in [-0.39, 0.29) is 5.41 Å². The van der Waals surface area contributed by atoms with E-state index in [1.54, 1.807) is 0 Å². The maximum Gasteiger partial charge on any atom is 0.0647 e. The number of para-hydroxylation sites is 4. The summed E-state index contributed by atoms with van der Waals surface area (Å²) < 4.78 is 10.2. The monoisotopic (exact) mass is 795 g/mol. The third kappa shape index (κ3) is 4.27. The molecule has 1 aliphatic rings. The highest BCUT2D eigenvalue weighted by atomic mass is 32.1. The molecule has 0 atom stereocenters. The average molecular weight is 796 g/mol. The van der Waals surface area contributed by atoms with Gasteiger partial charge in [0.25, 0.3) is 0 Å². The van der Waals surface area contributed by atoms with Crippen LogP contribution in [0.4, 0.5) is 0 Å². The summed E-state index contributed by atoms with van der Waals surface area (Å²) in [7, 11) is 0. The van der Waals surface area contributed by atoms with Crippen molar-refractivity contribution in [3.63, 3.8) is 0 Å². The zero-order chi connectivity index (χ0) is 40.1. The Morgan fingerprint density at radius 2 is 0.852 bits per heavy atom. The molecule has 13 aromatic rings. The minimum absolute atomic E-state index is 0.259. The fourth-order valence-electron chi connectivity index (χ4n) is 11.3. The van der Waals surface area contributed by atoms with Crippen molar-refractivity contribution in [1.29, 1.82) is 0 Å². The molecular weight excluding hydrogens is 759 g/mol. The number of hydrogen-bond acceptors (Lipinski definition) is 1. The van der Waals surface area contributed by atoms with Crippen molar-refractivity contribution in [2.45, 2.75) is 19.3 Å². The second kappa shape index (κ2) is 11.9. The maximum atomic E-state index is 2.58. The van der Waals surface area contributed by atoms with Gasteiger partial charge in [0.05, 0.1) is 33.1 Å². The second-order valence-corrected chi connectivity index (χ2v) is 18.3. The van der Waals surface area contributed by atoms with Crippen LogP contribution in [0.15, 0.2) is 188 Å². The Kier molecular flexibility index (Phi) is 6.51. The van der Waals surface area contributed by atoms with Crippen molar-refractivity contribution in [1.82, 2.24) is 13.7 Å². The van der Waals surface area contributed by atoms with Crippen molar-refractivity contribution in [2.75, 3.05) is 0 Å². The van der Waals surface area contributed by atoms with Crippen LogP contribution in [0, 0.1) is 0 Å². The highest BCUT2D eigenvalue weighted by Crippen LogP contribution is 2.58. The molecule has 0 amide bonds. The van der Waals surface area contributed by atoms with E-state index in [0.29, 0.717) is 0 Å². The summed E-state index contributed by atoms with van der Waals surface area (Å²) in [5.74, 6) is 0. The lowest BCUT2D eigenvalue weighted by Gasteiger charge is -2.24. The minimum atomic E-state index is -0.259. The zero-order valence-corrected chi connectivity index (χ0v) is 34.5. The number of fused-ring (bicyclic) bond motifs is 18. The second-order valence-electron chi connectivity index (χ2n) is 17.2. The van der Waals surface area contributed by atoms with Gasteiger partial charge in [-0.2, -0.15) is 0 Å². The molecule has 1 aliphatic carbocycles. The fraction of sp³-hybridized carbons (Fsp3) is 0.0526. The van der Waals surface area contributed by atoms with Crippen LogP contribution in [0.3, 0.4) is 0 Å². The van der Waals surface area contributed by atoms with Crippen molar-refractivity contribution in [2.24, 2.45) is 0 Å². The first kappa shape index (κ1) is 33.4. The van der Waals surface area contributed by atoms with Crippen molar-refractivity contribution in [3.05, 3.63) is 199 Å². The van der Waals surface area contributed by atoms with Crippen LogP contribution in [0.1, 0.15) is 25.0 Å². The molecule has 9 aromatic carbocycles. The normalized spacial score (nSPS) is 13.5. The molecule has 0 radical (unpaired) electrons. The van der Waals surface area contributed by atoms with Crippen LogP contribution in [-0.2, 0) is 5.41 Å². The van der Waals surface area contributed by atoms with Crippen molar-refractivity contribution >= 4 is 96.9 Å². The zero-order valence-electron chi connectivity index (χ0n) is 33.6. The van der Waals surface area contributed by atoms with E-state index in [9.17, 15) is 0 Å². The Morgan fingerprint density at radius 3 is 1.52 bits per heavy atom. The highest BCUT2D eigenvalue weighted by molar-refractivity contribution is 7.25. The van der Waals surface area contributed by atoms with Gasteiger partial charge in [0.2, 0.25) is 0 Å². The predicted molar refractivity (Wildman–Crippen MR) is 260 cm³/mol. The third-order valence-corrected chi connectivity index (χ3v) is 14.9. The number of rotatable bonds is 3. The molecule has 0 aliphatic heterocycles. The fourth-order valence-corrected chi connectivity index (χ4v) is 12.4. The van der Waals surface area contributed by atoms with Gasteiger partial charge in [0, 0.05) is 75.0 Å². The third-order valence-electron chi connectivity index (χ3n) is 13.8. The molecule has 0 bridgehead atoms. The smallest absolute Gasteiger partial charge is 0.0647 e. The topological polar surface area (TPSA) is 14.8 Å². The molecule has 3 nitrogen and oxygen atoms in total. The molecule has 4 heterocycles. The summed E-state index contributed by atoms with van der Waals surface area (Å²) in [5, 5.41) is 10.3. The Hall–Kier alpha value is -7.40. The molecule has 0 N–H and O–H groups in total. The van der Waals surface area contributed by atoms with E-state index in [2.05, 4.69) is 216 Å². The Labute approximate surface area is 355 Å². The van der Waals surface area contributed by atoms with Gasteiger partial charge < -0.3 is 13.7 Å². The summed E-state index contributed by atoms with van der Waals surface area (Å²) in [6.45, 7) is 4.87. The first-order valence-corrected chi connectivity index (χ1v) is 22.0. The maximum absolute atomic E-state index is 2.58. The van der Waals surface area contributed by atoms with Gasteiger partial charge in [0.1, 0.15) is 0 Å². The lowest BCUT2D eigenvalue weighted by Crippen LogP contribution is -2.16. The first-order chi connectivity index (χ1) is 30.1. The number of hydrogen-bond donors (Lipinski definition) is 0. The van der Waals surface area contributed by atoms with E-state index >= 15 is 0 Å². The summed E-state index contributed by atoms with van der Waals surface area (Å²) >= 11 is 1.88.